The zero-order chi connectivity index (χ0) is 17.2. The molecule has 4 rings (SSSR count). The predicted octanol–water partition coefficient (Wildman–Crippen LogP) is 2.19. The highest BCUT2D eigenvalue weighted by molar-refractivity contribution is 5.89. The van der Waals surface area contributed by atoms with E-state index >= 15 is 0 Å². The monoisotopic (exact) mass is 336 g/mol. The van der Waals surface area contributed by atoms with E-state index in [2.05, 4.69) is 26.7 Å². The second-order valence-corrected chi connectivity index (χ2v) is 6.36. The van der Waals surface area contributed by atoms with Gasteiger partial charge in [0.25, 0.3) is 0 Å². The molecule has 0 saturated carbocycles. The SMILES string of the molecule is Cn1cc(CC(=O)N2CC[C@@H](Oc3ncccn3)C2)c2ccccc21. The van der Waals surface area contributed by atoms with Gasteiger partial charge < -0.3 is 14.2 Å². The van der Waals surface area contributed by atoms with E-state index in [4.69, 9.17) is 4.74 Å². The Hall–Kier alpha value is -2.89. The summed E-state index contributed by atoms with van der Waals surface area (Å²) in [6.07, 6.45) is 6.53. The minimum Gasteiger partial charge on any atom is -0.458 e. The van der Waals surface area contributed by atoms with E-state index in [1.165, 1.54) is 0 Å². The number of aryl methyl sites for hydroxylation is 1. The van der Waals surface area contributed by atoms with Crippen LogP contribution in [0.4, 0.5) is 0 Å². The van der Waals surface area contributed by atoms with Crippen LogP contribution in [0.2, 0.25) is 0 Å². The Morgan fingerprint density at radius 3 is 2.88 bits per heavy atom. The fraction of sp³-hybridized carbons (Fsp3) is 0.316. The minimum atomic E-state index is -0.0427. The Morgan fingerprint density at radius 1 is 1.24 bits per heavy atom. The summed E-state index contributed by atoms with van der Waals surface area (Å²) in [6, 6.07) is 10.3. The van der Waals surface area contributed by atoms with Gasteiger partial charge in [-0.3, -0.25) is 4.79 Å². The quantitative estimate of drug-likeness (QED) is 0.733. The van der Waals surface area contributed by atoms with Crippen molar-refractivity contribution < 1.29 is 9.53 Å². The van der Waals surface area contributed by atoms with Crippen LogP contribution in [0.25, 0.3) is 10.9 Å². The van der Waals surface area contributed by atoms with Gasteiger partial charge in [-0.05, 0) is 17.7 Å². The third-order valence-electron chi connectivity index (χ3n) is 4.63. The zero-order valence-electron chi connectivity index (χ0n) is 14.1. The first-order chi connectivity index (χ1) is 12.2. The van der Waals surface area contributed by atoms with Crippen molar-refractivity contribution in [3.63, 3.8) is 0 Å². The highest BCUT2D eigenvalue weighted by Gasteiger charge is 2.28. The summed E-state index contributed by atoms with van der Waals surface area (Å²) in [5.41, 5.74) is 2.22. The summed E-state index contributed by atoms with van der Waals surface area (Å²) in [4.78, 5) is 22.7. The molecule has 1 aliphatic heterocycles. The van der Waals surface area contributed by atoms with Crippen molar-refractivity contribution in [1.29, 1.82) is 0 Å². The minimum absolute atomic E-state index is 0.0427. The number of nitrogens with zero attached hydrogens (tertiary/aromatic N) is 4. The van der Waals surface area contributed by atoms with Crippen LogP contribution in [0.15, 0.2) is 48.9 Å². The maximum absolute atomic E-state index is 12.7. The highest BCUT2D eigenvalue weighted by Crippen LogP contribution is 2.22. The first-order valence-electron chi connectivity index (χ1n) is 8.45. The molecule has 1 aromatic carbocycles. The Kier molecular flexibility index (Phi) is 4.09. The lowest BCUT2D eigenvalue weighted by atomic mass is 10.1. The first-order valence-corrected chi connectivity index (χ1v) is 8.45. The lowest BCUT2D eigenvalue weighted by Gasteiger charge is -2.16. The van der Waals surface area contributed by atoms with Crippen LogP contribution in [-0.2, 0) is 18.3 Å². The van der Waals surface area contributed by atoms with E-state index in [1.807, 2.05) is 30.3 Å². The first kappa shape index (κ1) is 15.6. The second-order valence-electron chi connectivity index (χ2n) is 6.36. The van der Waals surface area contributed by atoms with Crippen LogP contribution in [0.3, 0.4) is 0 Å². The van der Waals surface area contributed by atoms with Gasteiger partial charge >= 0.3 is 6.01 Å². The lowest BCUT2D eigenvalue weighted by Crippen LogP contribution is -2.32. The summed E-state index contributed by atoms with van der Waals surface area (Å²) in [7, 11) is 2.01. The van der Waals surface area contributed by atoms with Crippen molar-refractivity contribution in [3.8, 4) is 6.01 Å². The number of benzene rings is 1. The molecule has 1 amide bonds. The van der Waals surface area contributed by atoms with Gasteiger partial charge in [0, 0.05) is 49.5 Å². The number of para-hydroxylation sites is 1. The fourth-order valence-corrected chi connectivity index (χ4v) is 3.39. The average molecular weight is 336 g/mol. The number of rotatable bonds is 4. The summed E-state index contributed by atoms with van der Waals surface area (Å²) >= 11 is 0. The molecule has 1 atom stereocenters. The van der Waals surface area contributed by atoms with Gasteiger partial charge in [-0.15, -0.1) is 0 Å². The largest absolute Gasteiger partial charge is 0.458 e. The molecule has 1 saturated heterocycles. The molecule has 0 aliphatic carbocycles. The van der Waals surface area contributed by atoms with Gasteiger partial charge in [-0.25, -0.2) is 9.97 Å². The number of hydrogen-bond acceptors (Lipinski definition) is 4. The summed E-state index contributed by atoms with van der Waals surface area (Å²) in [5, 5.41) is 1.14. The maximum Gasteiger partial charge on any atom is 0.316 e. The van der Waals surface area contributed by atoms with E-state index < -0.39 is 0 Å². The number of ether oxygens (including phenoxy) is 1. The highest BCUT2D eigenvalue weighted by atomic mass is 16.5. The van der Waals surface area contributed by atoms with E-state index in [0.29, 0.717) is 25.5 Å². The third-order valence-corrected chi connectivity index (χ3v) is 4.63. The zero-order valence-corrected chi connectivity index (χ0v) is 14.1. The number of aromatic nitrogens is 3. The Labute approximate surface area is 146 Å². The predicted molar refractivity (Wildman–Crippen MR) is 94.3 cm³/mol. The van der Waals surface area contributed by atoms with Gasteiger partial charge in [-0.2, -0.15) is 0 Å². The van der Waals surface area contributed by atoms with Gasteiger partial charge in [0.2, 0.25) is 5.91 Å². The molecular formula is C19H20N4O2. The Balaban J connectivity index is 1.42. The standard InChI is InChI=1S/C19H20N4O2/c1-22-12-14(16-5-2-3-6-17(16)22)11-18(24)23-10-7-15(13-23)25-19-20-8-4-9-21-19/h2-6,8-9,12,15H,7,10-11,13H2,1H3/t15-/m1/s1. The number of amides is 1. The number of fused-ring (bicyclic) bond motifs is 1. The van der Waals surface area contributed by atoms with E-state index in [9.17, 15) is 4.79 Å². The molecule has 0 N–H and O–H groups in total. The van der Waals surface area contributed by atoms with Crippen LogP contribution < -0.4 is 4.74 Å². The van der Waals surface area contributed by atoms with Crippen molar-refractivity contribution in [1.82, 2.24) is 19.4 Å². The van der Waals surface area contributed by atoms with Crippen LogP contribution >= 0.6 is 0 Å². The second kappa shape index (κ2) is 6.55. The van der Waals surface area contributed by atoms with Gasteiger partial charge in [0.1, 0.15) is 6.10 Å². The maximum atomic E-state index is 12.7. The topological polar surface area (TPSA) is 60.2 Å². The fourth-order valence-electron chi connectivity index (χ4n) is 3.39. The Morgan fingerprint density at radius 2 is 2.04 bits per heavy atom. The molecule has 0 unspecified atom stereocenters. The van der Waals surface area contributed by atoms with Crippen molar-refractivity contribution in [3.05, 3.63) is 54.5 Å². The van der Waals surface area contributed by atoms with Gasteiger partial charge in [0.05, 0.1) is 13.0 Å². The molecule has 128 valence electrons. The molecule has 25 heavy (non-hydrogen) atoms. The van der Waals surface area contributed by atoms with E-state index in [1.54, 1.807) is 18.5 Å². The molecule has 0 radical (unpaired) electrons. The van der Waals surface area contributed by atoms with Crippen molar-refractivity contribution in [2.45, 2.75) is 18.9 Å². The molecular weight excluding hydrogens is 316 g/mol. The van der Waals surface area contributed by atoms with Gasteiger partial charge in [0.15, 0.2) is 0 Å². The molecule has 2 aromatic heterocycles. The van der Waals surface area contributed by atoms with Crippen LogP contribution in [0.1, 0.15) is 12.0 Å². The number of hydrogen-bond donors (Lipinski definition) is 0. The smallest absolute Gasteiger partial charge is 0.316 e. The lowest BCUT2D eigenvalue weighted by molar-refractivity contribution is -0.129. The third kappa shape index (κ3) is 3.20. The molecule has 6 heteroatoms. The Bertz CT molecular complexity index is 891. The van der Waals surface area contributed by atoms with Crippen molar-refractivity contribution >= 4 is 16.8 Å². The molecule has 1 aliphatic rings. The van der Waals surface area contributed by atoms with Crippen LogP contribution in [0.5, 0.6) is 6.01 Å². The van der Waals surface area contributed by atoms with E-state index in [-0.39, 0.29) is 12.0 Å². The summed E-state index contributed by atoms with van der Waals surface area (Å²) < 4.78 is 7.83. The molecule has 1 fully saturated rings. The normalized spacial score (nSPS) is 17.2. The summed E-state index contributed by atoms with van der Waals surface area (Å²) in [5.74, 6) is 0.136. The van der Waals surface area contributed by atoms with Crippen molar-refractivity contribution in [2.75, 3.05) is 13.1 Å². The van der Waals surface area contributed by atoms with Crippen molar-refractivity contribution in [2.24, 2.45) is 7.05 Å². The van der Waals surface area contributed by atoms with Crippen LogP contribution in [-0.4, -0.2) is 44.5 Å². The molecule has 0 spiro atoms. The van der Waals surface area contributed by atoms with Gasteiger partial charge in [-0.1, -0.05) is 18.2 Å². The number of likely N-dealkylation sites (tertiary alicyclic amines) is 1. The molecule has 0 bridgehead atoms. The number of carbonyl (C=O) groups excluding carboxylic acids is 1. The number of carbonyl (C=O) groups is 1. The molecule has 3 aromatic rings. The summed E-state index contributed by atoms with van der Waals surface area (Å²) in [6.45, 7) is 1.29. The average Bonchev–Trinajstić information content (AvgIpc) is 3.22. The molecule has 6 nitrogen and oxygen atoms in total. The van der Waals surface area contributed by atoms with E-state index in [0.717, 1.165) is 22.9 Å². The van der Waals surface area contributed by atoms with Crippen LogP contribution in [0, 0.1) is 0 Å². The molecule has 3 heterocycles.